The van der Waals surface area contributed by atoms with E-state index in [2.05, 4.69) is 18.9 Å². The van der Waals surface area contributed by atoms with Crippen LogP contribution in [0.25, 0.3) is 0 Å². The zero-order valence-electron chi connectivity index (χ0n) is 12.5. The van der Waals surface area contributed by atoms with Crippen molar-refractivity contribution in [1.82, 2.24) is 9.78 Å². The topological polar surface area (TPSA) is 53.1 Å². The molecule has 0 unspecified atom stereocenters. The van der Waals surface area contributed by atoms with Crippen LogP contribution in [-0.4, -0.2) is 14.8 Å². The summed E-state index contributed by atoms with van der Waals surface area (Å²) in [7, 11) is 0. The average Bonchev–Trinajstić information content (AvgIpc) is 2.95. The Morgan fingerprint density at radius 3 is 2.67 bits per heavy atom. The molecule has 0 spiro atoms. The normalized spacial score (nSPS) is 10.8. The third-order valence-electron chi connectivity index (χ3n) is 3.51. The maximum absolute atomic E-state index is 5.80. The molecule has 112 valence electrons. The number of rotatable bonds is 7. The van der Waals surface area contributed by atoms with Crippen LogP contribution in [0.3, 0.4) is 0 Å². The molecular weight excluding hydrogens is 282 g/mol. The Hall–Kier alpha value is -1.88. The SMILES string of the molecule is CCC(CC)n1ccc(COc2ccccc2C(N)=S)n1. The number of aromatic nitrogens is 2. The van der Waals surface area contributed by atoms with Gasteiger partial charge in [0.2, 0.25) is 0 Å². The fourth-order valence-corrected chi connectivity index (χ4v) is 2.44. The Bertz CT molecular complexity index is 605. The third kappa shape index (κ3) is 3.82. The molecule has 1 heterocycles. The molecule has 0 aliphatic heterocycles. The second-order valence-electron chi connectivity index (χ2n) is 4.91. The van der Waals surface area contributed by atoms with E-state index >= 15 is 0 Å². The van der Waals surface area contributed by atoms with Crippen molar-refractivity contribution in [2.75, 3.05) is 0 Å². The lowest BCUT2D eigenvalue weighted by atomic mass is 10.2. The fourth-order valence-electron chi connectivity index (χ4n) is 2.27. The van der Waals surface area contributed by atoms with E-state index in [0.29, 0.717) is 23.4 Å². The molecule has 2 aromatic rings. The first kappa shape index (κ1) is 15.5. The van der Waals surface area contributed by atoms with Crippen LogP contribution in [0.2, 0.25) is 0 Å². The highest BCUT2D eigenvalue weighted by atomic mass is 32.1. The molecule has 0 aliphatic carbocycles. The molecule has 2 N–H and O–H groups in total. The van der Waals surface area contributed by atoms with Crippen molar-refractivity contribution in [2.24, 2.45) is 5.73 Å². The van der Waals surface area contributed by atoms with Gasteiger partial charge in [-0.05, 0) is 31.0 Å². The van der Waals surface area contributed by atoms with Gasteiger partial charge >= 0.3 is 0 Å². The molecule has 5 heteroatoms. The molecule has 1 aromatic carbocycles. The van der Waals surface area contributed by atoms with Gasteiger partial charge in [0.25, 0.3) is 0 Å². The van der Waals surface area contributed by atoms with Gasteiger partial charge in [-0.25, -0.2) is 0 Å². The van der Waals surface area contributed by atoms with Gasteiger partial charge in [0.1, 0.15) is 17.3 Å². The van der Waals surface area contributed by atoms with Crippen LogP contribution in [0.1, 0.15) is 44.0 Å². The van der Waals surface area contributed by atoms with Gasteiger partial charge in [-0.3, -0.25) is 4.68 Å². The first-order valence-electron chi connectivity index (χ1n) is 7.21. The summed E-state index contributed by atoms with van der Waals surface area (Å²) in [5.74, 6) is 0.696. The molecule has 0 saturated heterocycles. The molecule has 2 rings (SSSR count). The number of hydrogen-bond acceptors (Lipinski definition) is 3. The van der Waals surface area contributed by atoms with Gasteiger partial charge in [0.05, 0.1) is 17.3 Å². The summed E-state index contributed by atoms with van der Waals surface area (Å²) in [5.41, 5.74) is 7.35. The van der Waals surface area contributed by atoms with Gasteiger partial charge < -0.3 is 10.5 Å². The summed E-state index contributed by atoms with van der Waals surface area (Å²) in [6, 6.07) is 9.96. The third-order valence-corrected chi connectivity index (χ3v) is 3.73. The standard InChI is InChI=1S/C16H21N3OS/c1-3-13(4-2)19-10-9-12(18-19)11-20-15-8-6-5-7-14(15)16(17)21/h5-10,13H,3-4,11H2,1-2H3,(H2,17,21). The monoisotopic (exact) mass is 303 g/mol. The smallest absolute Gasteiger partial charge is 0.132 e. The summed E-state index contributed by atoms with van der Waals surface area (Å²) in [6.45, 7) is 4.75. The van der Waals surface area contributed by atoms with Crippen LogP contribution in [0.15, 0.2) is 36.5 Å². The van der Waals surface area contributed by atoms with Gasteiger partial charge in [-0.2, -0.15) is 5.10 Å². The second kappa shape index (κ2) is 7.22. The molecule has 0 atom stereocenters. The summed E-state index contributed by atoms with van der Waals surface area (Å²) in [5, 5.41) is 4.57. The predicted octanol–water partition coefficient (Wildman–Crippen LogP) is 3.46. The average molecular weight is 303 g/mol. The first-order chi connectivity index (χ1) is 10.2. The second-order valence-corrected chi connectivity index (χ2v) is 5.35. The van der Waals surface area contributed by atoms with E-state index in [-0.39, 0.29) is 0 Å². The summed E-state index contributed by atoms with van der Waals surface area (Å²) in [6.07, 6.45) is 4.15. The number of hydrogen-bond donors (Lipinski definition) is 1. The zero-order chi connectivity index (χ0) is 15.2. The Morgan fingerprint density at radius 2 is 2.00 bits per heavy atom. The lowest BCUT2D eigenvalue weighted by Gasteiger charge is -2.12. The maximum Gasteiger partial charge on any atom is 0.132 e. The lowest BCUT2D eigenvalue weighted by Crippen LogP contribution is -2.12. The molecule has 0 radical (unpaired) electrons. The number of thiocarbonyl (C=S) groups is 1. The Labute approximate surface area is 130 Å². The van der Waals surface area contributed by atoms with Crippen molar-refractivity contribution in [2.45, 2.75) is 39.3 Å². The number of ether oxygens (including phenoxy) is 1. The van der Waals surface area contributed by atoms with Crippen molar-refractivity contribution < 1.29 is 4.74 Å². The Kier molecular flexibility index (Phi) is 5.33. The molecule has 0 fully saturated rings. The van der Waals surface area contributed by atoms with Gasteiger partial charge in [-0.15, -0.1) is 0 Å². The molecule has 0 aliphatic rings. The van der Waals surface area contributed by atoms with E-state index in [0.717, 1.165) is 24.1 Å². The van der Waals surface area contributed by atoms with Crippen molar-refractivity contribution in [3.8, 4) is 5.75 Å². The van der Waals surface area contributed by atoms with Gasteiger partial charge in [0, 0.05) is 6.20 Å². The van der Waals surface area contributed by atoms with Crippen LogP contribution in [0.4, 0.5) is 0 Å². The zero-order valence-corrected chi connectivity index (χ0v) is 13.3. The molecule has 0 saturated carbocycles. The summed E-state index contributed by atoms with van der Waals surface area (Å²) in [4.78, 5) is 0.341. The van der Waals surface area contributed by atoms with Crippen LogP contribution in [-0.2, 0) is 6.61 Å². The highest BCUT2D eigenvalue weighted by Crippen LogP contribution is 2.19. The largest absolute Gasteiger partial charge is 0.486 e. The van der Waals surface area contributed by atoms with Crippen LogP contribution < -0.4 is 10.5 Å². The van der Waals surface area contributed by atoms with Crippen molar-refractivity contribution in [3.05, 3.63) is 47.8 Å². The van der Waals surface area contributed by atoms with E-state index in [4.69, 9.17) is 22.7 Å². The van der Waals surface area contributed by atoms with E-state index in [1.165, 1.54) is 0 Å². The van der Waals surface area contributed by atoms with E-state index in [1.54, 1.807) is 0 Å². The van der Waals surface area contributed by atoms with Crippen LogP contribution in [0.5, 0.6) is 5.75 Å². The molecule has 1 aromatic heterocycles. The number of para-hydroxylation sites is 1. The quantitative estimate of drug-likeness (QED) is 0.796. The molecule has 4 nitrogen and oxygen atoms in total. The first-order valence-corrected chi connectivity index (χ1v) is 7.62. The minimum atomic E-state index is 0.341. The van der Waals surface area contributed by atoms with E-state index < -0.39 is 0 Å². The minimum Gasteiger partial charge on any atom is -0.486 e. The number of benzene rings is 1. The highest BCUT2D eigenvalue weighted by Gasteiger charge is 2.09. The Morgan fingerprint density at radius 1 is 1.29 bits per heavy atom. The van der Waals surface area contributed by atoms with E-state index in [1.807, 2.05) is 41.2 Å². The lowest BCUT2D eigenvalue weighted by molar-refractivity contribution is 0.296. The van der Waals surface area contributed by atoms with Crippen LogP contribution in [0, 0.1) is 0 Å². The molecular formula is C16H21N3OS. The summed E-state index contributed by atoms with van der Waals surface area (Å²) < 4.78 is 7.81. The van der Waals surface area contributed by atoms with Crippen molar-refractivity contribution in [1.29, 1.82) is 0 Å². The molecule has 21 heavy (non-hydrogen) atoms. The predicted molar refractivity (Wildman–Crippen MR) is 88.5 cm³/mol. The van der Waals surface area contributed by atoms with Crippen molar-refractivity contribution in [3.63, 3.8) is 0 Å². The van der Waals surface area contributed by atoms with Gasteiger partial charge in [-0.1, -0.05) is 38.2 Å². The van der Waals surface area contributed by atoms with E-state index in [9.17, 15) is 0 Å². The highest BCUT2D eigenvalue weighted by molar-refractivity contribution is 7.80. The number of nitrogens with zero attached hydrogens (tertiary/aromatic N) is 2. The maximum atomic E-state index is 5.80. The van der Waals surface area contributed by atoms with Crippen LogP contribution >= 0.6 is 12.2 Å². The number of nitrogens with two attached hydrogens (primary N) is 1. The fraction of sp³-hybridized carbons (Fsp3) is 0.375. The molecule has 0 amide bonds. The Balaban J connectivity index is 2.05. The molecule has 0 bridgehead atoms. The van der Waals surface area contributed by atoms with Gasteiger partial charge in [0.15, 0.2) is 0 Å². The minimum absolute atomic E-state index is 0.341. The van der Waals surface area contributed by atoms with Crippen molar-refractivity contribution >= 4 is 17.2 Å². The summed E-state index contributed by atoms with van der Waals surface area (Å²) >= 11 is 5.03.